The molecule has 0 aromatic heterocycles. The van der Waals surface area contributed by atoms with Crippen LogP contribution in [0.2, 0.25) is 0 Å². The molecule has 0 amide bonds. The minimum absolute atomic E-state index is 0.168. The van der Waals surface area contributed by atoms with E-state index in [0.717, 1.165) is 12.1 Å². The van der Waals surface area contributed by atoms with Gasteiger partial charge in [0, 0.05) is 5.92 Å². The van der Waals surface area contributed by atoms with Gasteiger partial charge < -0.3 is 24.1 Å². The first-order valence-corrected chi connectivity index (χ1v) is 9.05. The Morgan fingerprint density at radius 3 is 2.45 bits per heavy atom. The van der Waals surface area contributed by atoms with Crippen molar-refractivity contribution in [2.75, 3.05) is 26.4 Å². The molecule has 2 aromatic carbocycles. The number of hydrogen-bond donors (Lipinski definition) is 1. The van der Waals surface area contributed by atoms with Crippen molar-refractivity contribution in [3.63, 3.8) is 0 Å². The van der Waals surface area contributed by atoms with E-state index in [4.69, 9.17) is 24.1 Å². The van der Waals surface area contributed by atoms with Gasteiger partial charge in [-0.3, -0.25) is 0 Å². The Kier molecular flexibility index (Phi) is 7.00. The molecule has 0 bridgehead atoms. The van der Waals surface area contributed by atoms with Crippen LogP contribution in [0.15, 0.2) is 43.0 Å². The Hall–Kier alpha value is -2.71. The maximum absolute atomic E-state index is 14.2. The molecule has 5 nitrogen and oxygen atoms in total. The SMILES string of the molecule is C=CCCOc1ccc(C2COC(COc3ccc(O)c(F)c3F)OC2)cc1F. The summed E-state index contributed by atoms with van der Waals surface area (Å²) in [6.07, 6.45) is 1.53. The zero-order valence-corrected chi connectivity index (χ0v) is 15.6. The van der Waals surface area contributed by atoms with Crippen LogP contribution >= 0.6 is 0 Å². The van der Waals surface area contributed by atoms with Gasteiger partial charge in [-0.1, -0.05) is 12.1 Å². The second kappa shape index (κ2) is 9.67. The number of halogens is 3. The molecule has 1 aliphatic rings. The Labute approximate surface area is 166 Å². The highest BCUT2D eigenvalue weighted by molar-refractivity contribution is 5.34. The molecule has 0 unspecified atom stereocenters. The standard InChI is InChI=1S/C21H21F3O5/c1-2-3-8-26-17-6-4-13(9-15(17)22)14-10-28-19(29-11-14)12-27-18-7-5-16(25)20(23)21(18)24/h2,4-7,9,14,19,25H,1,3,8,10-12H2. The monoisotopic (exact) mass is 410 g/mol. The highest BCUT2D eigenvalue weighted by Crippen LogP contribution is 2.29. The van der Waals surface area contributed by atoms with E-state index in [0.29, 0.717) is 18.6 Å². The first kappa shape index (κ1) is 21.0. The quantitative estimate of drug-likeness (QED) is 0.520. The number of hydrogen-bond acceptors (Lipinski definition) is 5. The molecule has 0 atom stereocenters. The molecular formula is C21H21F3O5. The summed E-state index contributed by atoms with van der Waals surface area (Å²) in [6, 6.07) is 6.79. The minimum atomic E-state index is -1.38. The van der Waals surface area contributed by atoms with Gasteiger partial charge in [0.2, 0.25) is 11.6 Å². The molecule has 0 spiro atoms. The van der Waals surface area contributed by atoms with Crippen LogP contribution in [0.4, 0.5) is 13.2 Å². The number of benzene rings is 2. The summed E-state index contributed by atoms with van der Waals surface area (Å²) in [5.74, 6) is -4.32. The second-order valence-corrected chi connectivity index (χ2v) is 6.43. The van der Waals surface area contributed by atoms with E-state index in [-0.39, 0.29) is 37.2 Å². The molecule has 1 heterocycles. The van der Waals surface area contributed by atoms with E-state index in [1.54, 1.807) is 18.2 Å². The molecule has 1 saturated heterocycles. The molecule has 156 valence electrons. The smallest absolute Gasteiger partial charge is 0.204 e. The molecule has 1 fully saturated rings. The van der Waals surface area contributed by atoms with Crippen LogP contribution in [0.25, 0.3) is 0 Å². The lowest BCUT2D eigenvalue weighted by atomic mass is 10.00. The van der Waals surface area contributed by atoms with Crippen LogP contribution < -0.4 is 9.47 Å². The van der Waals surface area contributed by atoms with Gasteiger partial charge in [0.1, 0.15) is 6.61 Å². The van der Waals surface area contributed by atoms with Crippen LogP contribution in [-0.4, -0.2) is 37.8 Å². The molecule has 3 rings (SSSR count). The number of phenols is 1. The summed E-state index contributed by atoms with van der Waals surface area (Å²) in [6.45, 7) is 4.26. The first-order chi connectivity index (χ1) is 14.0. The third-order valence-electron chi connectivity index (χ3n) is 4.37. The highest BCUT2D eigenvalue weighted by Gasteiger charge is 2.25. The Morgan fingerprint density at radius 1 is 1.03 bits per heavy atom. The predicted octanol–water partition coefficient (Wildman–Crippen LogP) is 4.30. The van der Waals surface area contributed by atoms with Crippen molar-refractivity contribution >= 4 is 0 Å². The minimum Gasteiger partial charge on any atom is -0.505 e. The molecule has 8 heteroatoms. The van der Waals surface area contributed by atoms with E-state index in [1.165, 1.54) is 6.07 Å². The molecule has 1 aliphatic heterocycles. The maximum Gasteiger partial charge on any atom is 0.204 e. The topological polar surface area (TPSA) is 57.2 Å². The largest absolute Gasteiger partial charge is 0.505 e. The fourth-order valence-corrected chi connectivity index (χ4v) is 2.76. The number of ether oxygens (including phenoxy) is 4. The third kappa shape index (κ3) is 5.21. The van der Waals surface area contributed by atoms with E-state index in [2.05, 4.69) is 6.58 Å². The molecule has 29 heavy (non-hydrogen) atoms. The van der Waals surface area contributed by atoms with Crippen molar-refractivity contribution in [3.8, 4) is 17.2 Å². The second-order valence-electron chi connectivity index (χ2n) is 6.43. The van der Waals surface area contributed by atoms with E-state index < -0.39 is 29.5 Å². The summed E-state index contributed by atoms with van der Waals surface area (Å²) in [5, 5.41) is 9.11. The zero-order chi connectivity index (χ0) is 20.8. The van der Waals surface area contributed by atoms with Gasteiger partial charge in [-0.15, -0.1) is 6.58 Å². The maximum atomic E-state index is 14.2. The number of rotatable bonds is 8. The molecule has 0 saturated carbocycles. The average Bonchev–Trinajstić information content (AvgIpc) is 2.73. The predicted molar refractivity (Wildman–Crippen MR) is 98.7 cm³/mol. The van der Waals surface area contributed by atoms with Gasteiger partial charge in [-0.25, -0.2) is 4.39 Å². The lowest BCUT2D eigenvalue weighted by Crippen LogP contribution is -2.35. The Bertz CT molecular complexity index is 850. The van der Waals surface area contributed by atoms with E-state index >= 15 is 0 Å². The van der Waals surface area contributed by atoms with Crippen molar-refractivity contribution < 1.29 is 37.2 Å². The normalized spacial score (nSPS) is 19.0. The summed E-state index contributed by atoms with van der Waals surface area (Å²) in [5.41, 5.74) is 0.699. The summed E-state index contributed by atoms with van der Waals surface area (Å²) in [4.78, 5) is 0. The van der Waals surface area contributed by atoms with Crippen LogP contribution in [0, 0.1) is 17.5 Å². The summed E-state index contributed by atoms with van der Waals surface area (Å²) in [7, 11) is 0. The van der Waals surface area contributed by atoms with Gasteiger partial charge in [-0.2, -0.15) is 8.78 Å². The number of aromatic hydroxyl groups is 1. The van der Waals surface area contributed by atoms with Crippen LogP contribution in [0.1, 0.15) is 17.9 Å². The molecular weight excluding hydrogens is 389 g/mol. The Balaban J connectivity index is 1.51. The summed E-state index contributed by atoms with van der Waals surface area (Å²) >= 11 is 0. The van der Waals surface area contributed by atoms with Crippen molar-refractivity contribution in [2.24, 2.45) is 0 Å². The molecule has 2 aromatic rings. The lowest BCUT2D eigenvalue weighted by molar-refractivity contribution is -0.199. The van der Waals surface area contributed by atoms with Crippen LogP contribution in [-0.2, 0) is 9.47 Å². The van der Waals surface area contributed by atoms with Crippen LogP contribution in [0.3, 0.4) is 0 Å². The first-order valence-electron chi connectivity index (χ1n) is 9.05. The van der Waals surface area contributed by atoms with Crippen LogP contribution in [0.5, 0.6) is 17.2 Å². The van der Waals surface area contributed by atoms with Gasteiger partial charge in [0.15, 0.2) is 29.4 Å². The van der Waals surface area contributed by atoms with Gasteiger partial charge >= 0.3 is 0 Å². The van der Waals surface area contributed by atoms with Gasteiger partial charge in [0.25, 0.3) is 0 Å². The fourth-order valence-electron chi connectivity index (χ4n) is 2.76. The van der Waals surface area contributed by atoms with E-state index in [1.807, 2.05) is 0 Å². The molecule has 0 radical (unpaired) electrons. The lowest BCUT2D eigenvalue weighted by Gasteiger charge is -2.29. The third-order valence-corrected chi connectivity index (χ3v) is 4.37. The van der Waals surface area contributed by atoms with Crippen molar-refractivity contribution in [3.05, 3.63) is 66.0 Å². The van der Waals surface area contributed by atoms with Gasteiger partial charge in [0.05, 0.1) is 19.8 Å². The Morgan fingerprint density at radius 2 is 1.76 bits per heavy atom. The van der Waals surface area contributed by atoms with Crippen molar-refractivity contribution in [1.29, 1.82) is 0 Å². The fraction of sp³-hybridized carbons (Fsp3) is 0.333. The van der Waals surface area contributed by atoms with Crippen molar-refractivity contribution in [1.82, 2.24) is 0 Å². The van der Waals surface area contributed by atoms with E-state index in [9.17, 15) is 13.2 Å². The highest BCUT2D eigenvalue weighted by atomic mass is 19.2. The average molecular weight is 410 g/mol. The van der Waals surface area contributed by atoms with Crippen molar-refractivity contribution in [2.45, 2.75) is 18.6 Å². The van der Waals surface area contributed by atoms with Gasteiger partial charge in [-0.05, 0) is 36.2 Å². The number of phenolic OH excluding ortho intramolecular Hbond substituents is 1. The molecule has 0 aliphatic carbocycles. The zero-order valence-electron chi connectivity index (χ0n) is 15.6. The summed E-state index contributed by atoms with van der Waals surface area (Å²) < 4.78 is 62.8. The molecule has 1 N–H and O–H groups in total.